The molecule has 2 aromatic rings. The van der Waals surface area contributed by atoms with E-state index in [4.69, 9.17) is 4.74 Å². The topological polar surface area (TPSA) is 126 Å². The third-order valence-corrected chi connectivity index (χ3v) is 6.45. The molecule has 1 fully saturated rings. The second kappa shape index (κ2) is 8.94. The van der Waals surface area contributed by atoms with E-state index in [1.807, 2.05) is 6.07 Å². The molecule has 0 radical (unpaired) electrons. The molecule has 0 aliphatic carbocycles. The number of nitrogens with one attached hydrogen (secondary N) is 3. The van der Waals surface area contributed by atoms with Crippen LogP contribution in [0.25, 0.3) is 0 Å². The number of nitrogens with zero attached hydrogens (tertiary/aromatic N) is 3. The van der Waals surface area contributed by atoms with Gasteiger partial charge in [-0.3, -0.25) is 4.79 Å². The van der Waals surface area contributed by atoms with Gasteiger partial charge < -0.3 is 20.3 Å². The van der Waals surface area contributed by atoms with E-state index in [0.29, 0.717) is 44.1 Å². The highest BCUT2D eigenvalue weighted by Gasteiger charge is 2.19. The van der Waals surface area contributed by atoms with Crippen LogP contribution in [0.5, 0.6) is 0 Å². The Morgan fingerprint density at radius 2 is 1.93 bits per heavy atom. The van der Waals surface area contributed by atoms with E-state index in [9.17, 15) is 13.2 Å². The summed E-state index contributed by atoms with van der Waals surface area (Å²) in [6.07, 6.45) is 2.38. The molecule has 0 spiro atoms. The number of rotatable bonds is 7. The third kappa shape index (κ3) is 4.86. The van der Waals surface area contributed by atoms with Crippen molar-refractivity contribution in [3.8, 4) is 0 Å². The molecule has 0 atom stereocenters. The van der Waals surface area contributed by atoms with E-state index < -0.39 is 10.0 Å². The van der Waals surface area contributed by atoms with Crippen LogP contribution in [0.2, 0.25) is 0 Å². The molecule has 4 rings (SSSR count). The number of sulfonamides is 1. The average molecular weight is 433 g/mol. The monoisotopic (exact) mass is 432 g/mol. The van der Waals surface area contributed by atoms with Gasteiger partial charge in [0.15, 0.2) is 0 Å². The van der Waals surface area contributed by atoms with Gasteiger partial charge in [0.2, 0.25) is 15.9 Å². The van der Waals surface area contributed by atoms with Crippen molar-refractivity contribution in [1.29, 1.82) is 0 Å². The number of hydrogen-bond donors (Lipinski definition) is 3. The van der Waals surface area contributed by atoms with Crippen molar-refractivity contribution >= 4 is 33.3 Å². The van der Waals surface area contributed by atoms with Crippen LogP contribution < -0.4 is 20.3 Å². The zero-order valence-electron chi connectivity index (χ0n) is 16.4. The number of morpholine rings is 1. The Hall–Kier alpha value is -2.76. The second-order valence-corrected chi connectivity index (χ2v) is 8.82. The van der Waals surface area contributed by atoms with Crippen LogP contribution in [0, 0.1) is 0 Å². The van der Waals surface area contributed by atoms with Crippen LogP contribution in [0.15, 0.2) is 35.5 Å². The smallest absolute Gasteiger partial charge is 0.240 e. The van der Waals surface area contributed by atoms with E-state index in [0.717, 1.165) is 24.5 Å². The maximum atomic E-state index is 12.6. The maximum absolute atomic E-state index is 12.6. The number of fused-ring (bicyclic) bond motifs is 1. The van der Waals surface area contributed by atoms with Crippen molar-refractivity contribution in [2.75, 3.05) is 54.9 Å². The molecular weight excluding hydrogens is 408 g/mol. The van der Waals surface area contributed by atoms with Crippen LogP contribution in [0.4, 0.5) is 17.3 Å². The first-order valence-electron chi connectivity index (χ1n) is 9.82. The summed E-state index contributed by atoms with van der Waals surface area (Å²) in [6.45, 7) is 3.47. The van der Waals surface area contributed by atoms with Gasteiger partial charge in [0.25, 0.3) is 0 Å². The number of carbonyl (C=O) groups excluding carboxylic acids is 1. The second-order valence-electron chi connectivity index (χ2n) is 7.05. The Bertz CT molecular complexity index is 1020. The van der Waals surface area contributed by atoms with Gasteiger partial charge in [0.1, 0.15) is 18.0 Å². The molecule has 1 amide bonds. The van der Waals surface area contributed by atoms with E-state index >= 15 is 0 Å². The lowest BCUT2D eigenvalue weighted by Crippen LogP contribution is -2.36. The lowest BCUT2D eigenvalue weighted by molar-refractivity contribution is -0.116. The molecule has 0 bridgehead atoms. The number of benzene rings is 1. The summed E-state index contributed by atoms with van der Waals surface area (Å²) < 4.78 is 33.1. The quantitative estimate of drug-likeness (QED) is 0.543. The number of amides is 1. The summed E-state index contributed by atoms with van der Waals surface area (Å²) >= 11 is 0. The van der Waals surface area contributed by atoms with Crippen molar-refractivity contribution < 1.29 is 17.9 Å². The van der Waals surface area contributed by atoms with Crippen LogP contribution in [0.3, 0.4) is 0 Å². The number of aromatic nitrogens is 2. The Morgan fingerprint density at radius 3 is 2.77 bits per heavy atom. The maximum Gasteiger partial charge on any atom is 0.240 e. The minimum absolute atomic E-state index is 0.0520. The number of anilines is 3. The van der Waals surface area contributed by atoms with Crippen LogP contribution in [0.1, 0.15) is 12.0 Å². The summed E-state index contributed by atoms with van der Waals surface area (Å²) in [7, 11) is -3.64. The van der Waals surface area contributed by atoms with Crippen LogP contribution in [-0.2, 0) is 26.0 Å². The van der Waals surface area contributed by atoms with Gasteiger partial charge >= 0.3 is 0 Å². The van der Waals surface area contributed by atoms with E-state index in [2.05, 4.69) is 30.2 Å². The van der Waals surface area contributed by atoms with Crippen molar-refractivity contribution in [3.05, 3.63) is 36.2 Å². The molecule has 1 saturated heterocycles. The molecule has 2 aliphatic heterocycles. The van der Waals surface area contributed by atoms with Gasteiger partial charge in [0.05, 0.1) is 18.1 Å². The van der Waals surface area contributed by atoms with Gasteiger partial charge in [-0.1, -0.05) is 0 Å². The lowest BCUT2D eigenvalue weighted by atomic mass is 10.0. The minimum atomic E-state index is -3.64. The average Bonchev–Trinajstić information content (AvgIpc) is 2.77. The first-order valence-corrected chi connectivity index (χ1v) is 11.3. The van der Waals surface area contributed by atoms with Gasteiger partial charge in [-0.05, 0) is 30.2 Å². The zero-order valence-corrected chi connectivity index (χ0v) is 17.2. The highest BCUT2D eigenvalue weighted by Crippen LogP contribution is 2.25. The molecule has 10 nitrogen and oxygen atoms in total. The summed E-state index contributed by atoms with van der Waals surface area (Å²) in [5.41, 5.74) is 1.50. The Labute approximate surface area is 175 Å². The number of carbonyl (C=O) groups is 1. The number of hydrogen-bond acceptors (Lipinski definition) is 8. The molecule has 0 unspecified atom stereocenters. The van der Waals surface area contributed by atoms with E-state index in [-0.39, 0.29) is 17.3 Å². The molecule has 3 N–H and O–H groups in total. The highest BCUT2D eigenvalue weighted by molar-refractivity contribution is 7.89. The molecular formula is C19H24N6O4S. The molecule has 160 valence electrons. The van der Waals surface area contributed by atoms with E-state index in [1.165, 1.54) is 12.4 Å². The molecule has 1 aromatic carbocycles. The largest absolute Gasteiger partial charge is 0.378 e. The van der Waals surface area contributed by atoms with Gasteiger partial charge in [-0.25, -0.2) is 23.1 Å². The Morgan fingerprint density at radius 1 is 1.10 bits per heavy atom. The van der Waals surface area contributed by atoms with Crippen LogP contribution in [-0.4, -0.2) is 63.7 Å². The SMILES string of the molecule is O=C1CCc2cc(S(=O)(=O)NCCNc3cc(N4CCOCC4)ncn3)ccc2N1. The van der Waals surface area contributed by atoms with Crippen molar-refractivity contribution in [2.24, 2.45) is 0 Å². The summed E-state index contributed by atoms with van der Waals surface area (Å²) in [6, 6.07) is 6.59. The Balaban J connectivity index is 1.31. The van der Waals surface area contributed by atoms with Gasteiger partial charge in [-0.15, -0.1) is 0 Å². The molecule has 3 heterocycles. The molecule has 1 aromatic heterocycles. The third-order valence-electron chi connectivity index (χ3n) is 4.99. The minimum Gasteiger partial charge on any atom is -0.378 e. The van der Waals surface area contributed by atoms with Gasteiger partial charge in [0, 0.05) is 44.4 Å². The molecule has 11 heteroatoms. The van der Waals surface area contributed by atoms with Crippen molar-refractivity contribution in [2.45, 2.75) is 17.7 Å². The first-order chi connectivity index (χ1) is 14.5. The summed E-state index contributed by atoms with van der Waals surface area (Å²) in [5.74, 6) is 1.40. The fourth-order valence-corrected chi connectivity index (χ4v) is 4.48. The first kappa shape index (κ1) is 20.5. The van der Waals surface area contributed by atoms with Gasteiger partial charge in [-0.2, -0.15) is 0 Å². The zero-order chi connectivity index (χ0) is 21.0. The predicted octanol–water partition coefficient (Wildman–Crippen LogP) is 0.588. The Kier molecular flexibility index (Phi) is 6.11. The standard InChI is InChI=1S/C19H24N6O4S/c26-19-4-1-14-11-15(2-3-16(14)24-19)30(27,28)23-6-5-20-17-12-18(22-13-21-17)25-7-9-29-10-8-25/h2-3,11-13,23H,1,4-10H2,(H,24,26)(H,20,21,22). The molecule has 0 saturated carbocycles. The fraction of sp³-hybridized carbons (Fsp3) is 0.421. The summed E-state index contributed by atoms with van der Waals surface area (Å²) in [5, 5.41) is 5.87. The molecule has 30 heavy (non-hydrogen) atoms. The number of ether oxygens (including phenoxy) is 1. The summed E-state index contributed by atoms with van der Waals surface area (Å²) in [4.78, 5) is 22.2. The van der Waals surface area contributed by atoms with Crippen LogP contribution >= 0.6 is 0 Å². The van der Waals surface area contributed by atoms with Crippen molar-refractivity contribution in [3.63, 3.8) is 0 Å². The normalized spacial score (nSPS) is 16.7. The van der Waals surface area contributed by atoms with Crippen molar-refractivity contribution in [1.82, 2.24) is 14.7 Å². The molecule has 2 aliphatic rings. The lowest BCUT2D eigenvalue weighted by Gasteiger charge is -2.27. The predicted molar refractivity (Wildman–Crippen MR) is 112 cm³/mol. The highest BCUT2D eigenvalue weighted by atomic mass is 32.2. The fourth-order valence-electron chi connectivity index (χ4n) is 3.40. The number of aryl methyl sites for hydroxylation is 1. The van der Waals surface area contributed by atoms with E-state index in [1.54, 1.807) is 12.1 Å².